The third-order valence-electron chi connectivity index (χ3n) is 2.86. The molecule has 0 bridgehead atoms. The van der Waals surface area contributed by atoms with Crippen molar-refractivity contribution >= 4 is 48.3 Å². The summed E-state index contributed by atoms with van der Waals surface area (Å²) in [6.07, 6.45) is 0. The van der Waals surface area contributed by atoms with E-state index in [-0.39, 0.29) is 5.56 Å². The van der Waals surface area contributed by atoms with Crippen molar-refractivity contribution in [3.8, 4) is 0 Å². The number of rotatable bonds is 0. The predicted molar refractivity (Wildman–Crippen MR) is 74.9 cm³/mol. The van der Waals surface area contributed by atoms with Crippen LogP contribution in [0, 0.1) is 13.8 Å². The Balaban J connectivity index is 2.74. The Kier molecular flexibility index (Phi) is 2.34. The molecule has 3 aromatic rings. The third-order valence-corrected chi connectivity index (χ3v) is 4.75. The molecule has 5 heteroatoms. The summed E-state index contributed by atoms with van der Waals surface area (Å²) in [5.74, 6) is 0. The van der Waals surface area contributed by atoms with E-state index in [0.29, 0.717) is 0 Å². The molecule has 0 unspecified atom stereocenters. The van der Waals surface area contributed by atoms with Gasteiger partial charge < -0.3 is 4.98 Å². The topological polar surface area (TPSA) is 45.8 Å². The fourth-order valence-corrected chi connectivity index (χ4v) is 3.38. The van der Waals surface area contributed by atoms with Gasteiger partial charge >= 0.3 is 0 Å². The molecule has 0 aliphatic carbocycles. The van der Waals surface area contributed by atoms with Gasteiger partial charge in [-0.05, 0) is 41.2 Å². The summed E-state index contributed by atoms with van der Waals surface area (Å²) in [5, 5.41) is 3.98. The van der Waals surface area contributed by atoms with Crippen LogP contribution in [0.5, 0.6) is 0 Å². The summed E-state index contributed by atoms with van der Waals surface area (Å²) >= 11 is 5.03. The first-order chi connectivity index (χ1) is 8.09. The maximum Gasteiger partial charge on any atom is 0.266 e. The summed E-state index contributed by atoms with van der Waals surface area (Å²) in [4.78, 5) is 19.3. The van der Waals surface area contributed by atoms with E-state index in [1.54, 1.807) is 0 Å². The summed E-state index contributed by atoms with van der Waals surface area (Å²) in [7, 11) is 0. The minimum Gasteiger partial charge on any atom is -0.319 e. The quantitative estimate of drug-likeness (QED) is 0.690. The van der Waals surface area contributed by atoms with Crippen LogP contribution in [-0.4, -0.2) is 9.97 Å². The molecule has 0 amide bonds. The van der Waals surface area contributed by atoms with Crippen LogP contribution in [0.3, 0.4) is 0 Å². The molecule has 3 aromatic heterocycles. The number of nitrogens with one attached hydrogen (secondary N) is 1. The maximum absolute atomic E-state index is 11.9. The minimum absolute atomic E-state index is 0.0387. The lowest BCUT2D eigenvalue weighted by atomic mass is 10.1. The van der Waals surface area contributed by atoms with Crippen LogP contribution in [0.4, 0.5) is 0 Å². The van der Waals surface area contributed by atoms with Crippen molar-refractivity contribution in [2.24, 2.45) is 0 Å². The predicted octanol–water partition coefficient (Wildman–Crippen LogP) is 3.52. The lowest BCUT2D eigenvalue weighted by molar-refractivity contribution is 1.12. The molecule has 3 heterocycles. The van der Waals surface area contributed by atoms with Crippen LogP contribution in [0.1, 0.15) is 11.4 Å². The lowest BCUT2D eigenvalue weighted by Gasteiger charge is -2.07. The van der Waals surface area contributed by atoms with Crippen molar-refractivity contribution in [1.29, 1.82) is 0 Å². The Morgan fingerprint density at radius 3 is 2.88 bits per heavy atom. The number of H-pyrrole nitrogens is 1. The van der Waals surface area contributed by atoms with E-state index in [1.807, 2.05) is 25.3 Å². The fourth-order valence-electron chi connectivity index (χ4n) is 2.09. The molecule has 17 heavy (non-hydrogen) atoms. The maximum atomic E-state index is 11.9. The highest BCUT2D eigenvalue weighted by Crippen LogP contribution is 2.33. The molecule has 0 aromatic carbocycles. The molecule has 0 radical (unpaired) electrons. The molecular weight excluding hydrogens is 300 g/mol. The van der Waals surface area contributed by atoms with Crippen molar-refractivity contribution in [1.82, 2.24) is 9.97 Å². The molecular formula is C12H9BrN2OS. The van der Waals surface area contributed by atoms with Gasteiger partial charge in [0.15, 0.2) is 0 Å². The van der Waals surface area contributed by atoms with Gasteiger partial charge in [0, 0.05) is 15.2 Å². The number of thiophene rings is 1. The van der Waals surface area contributed by atoms with Crippen molar-refractivity contribution in [2.75, 3.05) is 0 Å². The Hall–Kier alpha value is -1.20. The lowest BCUT2D eigenvalue weighted by Crippen LogP contribution is -2.06. The Labute approximate surface area is 110 Å². The third kappa shape index (κ3) is 1.46. The molecule has 86 valence electrons. The van der Waals surface area contributed by atoms with E-state index in [4.69, 9.17) is 0 Å². The van der Waals surface area contributed by atoms with Crippen LogP contribution in [0.25, 0.3) is 21.0 Å². The van der Waals surface area contributed by atoms with Crippen molar-refractivity contribution in [3.63, 3.8) is 0 Å². The zero-order valence-electron chi connectivity index (χ0n) is 9.30. The normalized spacial score (nSPS) is 11.5. The smallest absolute Gasteiger partial charge is 0.266 e. The summed E-state index contributed by atoms with van der Waals surface area (Å²) in [6, 6.07) is 1.99. The van der Waals surface area contributed by atoms with Crippen LogP contribution >= 0.6 is 27.3 Å². The van der Waals surface area contributed by atoms with E-state index < -0.39 is 0 Å². The molecule has 0 spiro atoms. The van der Waals surface area contributed by atoms with E-state index in [2.05, 4.69) is 25.9 Å². The van der Waals surface area contributed by atoms with Gasteiger partial charge in [-0.25, -0.2) is 0 Å². The second-order valence-corrected chi connectivity index (χ2v) is 5.67. The van der Waals surface area contributed by atoms with Crippen molar-refractivity contribution in [3.05, 3.63) is 37.7 Å². The van der Waals surface area contributed by atoms with Crippen LogP contribution in [0.15, 0.2) is 20.7 Å². The second kappa shape index (κ2) is 3.65. The Bertz CT molecular complexity index is 803. The average Bonchev–Trinajstić information content (AvgIpc) is 2.75. The Morgan fingerprint density at radius 2 is 2.12 bits per heavy atom. The van der Waals surface area contributed by atoms with E-state index in [1.165, 1.54) is 11.3 Å². The number of hydrogen-bond acceptors (Lipinski definition) is 3. The zero-order valence-corrected chi connectivity index (χ0v) is 11.7. The highest BCUT2D eigenvalue weighted by molar-refractivity contribution is 9.10. The van der Waals surface area contributed by atoms with Crippen LogP contribution < -0.4 is 5.56 Å². The summed E-state index contributed by atoms with van der Waals surface area (Å²) in [5.41, 5.74) is 2.57. The summed E-state index contributed by atoms with van der Waals surface area (Å²) < 4.78 is 1.72. The molecule has 0 aliphatic heterocycles. The van der Waals surface area contributed by atoms with Crippen LogP contribution in [-0.2, 0) is 0 Å². The number of fused-ring (bicyclic) bond motifs is 3. The first kappa shape index (κ1) is 10.9. The monoisotopic (exact) mass is 308 g/mol. The van der Waals surface area contributed by atoms with Gasteiger partial charge in [0.2, 0.25) is 0 Å². The van der Waals surface area contributed by atoms with E-state index in [9.17, 15) is 4.79 Å². The van der Waals surface area contributed by atoms with Gasteiger partial charge in [-0.15, -0.1) is 11.3 Å². The van der Waals surface area contributed by atoms with Gasteiger partial charge in [0.05, 0.1) is 16.9 Å². The number of hydrogen-bond donors (Lipinski definition) is 1. The molecule has 0 saturated heterocycles. The molecule has 3 rings (SSSR count). The minimum atomic E-state index is -0.0387. The molecule has 0 aliphatic rings. The van der Waals surface area contributed by atoms with Gasteiger partial charge in [0.25, 0.3) is 5.56 Å². The number of pyridine rings is 2. The largest absolute Gasteiger partial charge is 0.319 e. The SMILES string of the molecule is Cc1nc(C)c2[nH]c(=O)c3sccc3c2c1Br. The first-order valence-electron chi connectivity index (χ1n) is 5.15. The van der Waals surface area contributed by atoms with Crippen molar-refractivity contribution < 1.29 is 0 Å². The molecule has 3 nitrogen and oxygen atoms in total. The Morgan fingerprint density at radius 1 is 1.35 bits per heavy atom. The van der Waals surface area contributed by atoms with E-state index >= 15 is 0 Å². The van der Waals surface area contributed by atoms with E-state index in [0.717, 1.165) is 36.8 Å². The highest BCUT2D eigenvalue weighted by atomic mass is 79.9. The number of aryl methyl sites for hydroxylation is 2. The molecule has 1 N–H and O–H groups in total. The average molecular weight is 309 g/mol. The number of aromatic amines is 1. The molecule has 0 fully saturated rings. The van der Waals surface area contributed by atoms with Gasteiger partial charge in [-0.1, -0.05) is 0 Å². The number of nitrogens with zero attached hydrogens (tertiary/aromatic N) is 1. The van der Waals surface area contributed by atoms with Gasteiger partial charge in [-0.2, -0.15) is 0 Å². The highest BCUT2D eigenvalue weighted by Gasteiger charge is 2.13. The number of aromatic nitrogens is 2. The zero-order chi connectivity index (χ0) is 12.2. The summed E-state index contributed by atoms with van der Waals surface area (Å²) in [6.45, 7) is 3.87. The number of halogens is 1. The van der Waals surface area contributed by atoms with Crippen molar-refractivity contribution in [2.45, 2.75) is 13.8 Å². The van der Waals surface area contributed by atoms with Crippen LogP contribution in [0.2, 0.25) is 0 Å². The molecule has 0 atom stereocenters. The molecule has 0 saturated carbocycles. The second-order valence-electron chi connectivity index (χ2n) is 3.96. The standard InChI is InChI=1S/C12H9BrN2OS/c1-5-9(13)8-7-3-4-17-11(7)12(16)15-10(8)6(2)14-5/h3-4H,1-2H3,(H,15,16). The fraction of sp³-hybridized carbons (Fsp3) is 0.167. The van der Waals surface area contributed by atoms with Gasteiger partial charge in [0.1, 0.15) is 4.70 Å². The van der Waals surface area contributed by atoms with Gasteiger partial charge in [-0.3, -0.25) is 9.78 Å². The first-order valence-corrected chi connectivity index (χ1v) is 6.82.